The highest BCUT2D eigenvalue weighted by Gasteiger charge is 2.45. The number of hydrogen-bond acceptors (Lipinski definition) is 9. The molecule has 0 radical (unpaired) electrons. The summed E-state index contributed by atoms with van der Waals surface area (Å²) in [6.07, 6.45) is 1.12. The number of nitrogens with zero attached hydrogens (tertiary/aromatic N) is 1. The van der Waals surface area contributed by atoms with Gasteiger partial charge in [0.05, 0.1) is 24.5 Å². The van der Waals surface area contributed by atoms with Crippen molar-refractivity contribution in [2.24, 2.45) is 0 Å². The van der Waals surface area contributed by atoms with Gasteiger partial charge in [0.15, 0.2) is 24.0 Å². The Labute approximate surface area is 188 Å². The SMILES string of the molecule is COc1cc(C(C)C)c2c(c1)S(=O)(=O)N(COC1=C(C(C)=O)C(=O)c3ccoc3C1=O)C2=O. The molecule has 0 bridgehead atoms. The third kappa shape index (κ3) is 3.27. The Kier molecular flexibility index (Phi) is 5.24. The molecule has 2 aromatic rings. The smallest absolute Gasteiger partial charge is 0.272 e. The van der Waals surface area contributed by atoms with Gasteiger partial charge < -0.3 is 13.9 Å². The van der Waals surface area contributed by atoms with E-state index in [0.29, 0.717) is 9.87 Å². The molecule has 1 aromatic carbocycles. The molecule has 0 saturated heterocycles. The van der Waals surface area contributed by atoms with Gasteiger partial charge >= 0.3 is 0 Å². The molecular formula is C22H19NO9S. The fourth-order valence-corrected chi connectivity index (χ4v) is 5.26. The molecular weight excluding hydrogens is 454 g/mol. The first-order chi connectivity index (χ1) is 15.5. The summed E-state index contributed by atoms with van der Waals surface area (Å²) in [5.74, 6) is -4.22. The van der Waals surface area contributed by atoms with Crippen molar-refractivity contribution in [1.29, 1.82) is 0 Å². The van der Waals surface area contributed by atoms with E-state index in [4.69, 9.17) is 13.9 Å². The second kappa shape index (κ2) is 7.69. The number of hydrogen-bond donors (Lipinski definition) is 0. The highest BCUT2D eigenvalue weighted by molar-refractivity contribution is 7.90. The molecule has 2 heterocycles. The van der Waals surface area contributed by atoms with Crippen LogP contribution in [0.2, 0.25) is 0 Å². The van der Waals surface area contributed by atoms with Crippen LogP contribution in [0.3, 0.4) is 0 Å². The lowest BCUT2D eigenvalue weighted by Gasteiger charge is -2.20. The molecule has 0 unspecified atom stereocenters. The maximum Gasteiger partial charge on any atom is 0.272 e. The van der Waals surface area contributed by atoms with Crippen LogP contribution < -0.4 is 4.74 Å². The monoisotopic (exact) mass is 473 g/mol. The number of allylic oxidation sites excluding steroid dienone is 2. The molecule has 1 aliphatic heterocycles. The Morgan fingerprint density at radius 1 is 1.15 bits per heavy atom. The second-order valence-corrected chi connectivity index (χ2v) is 9.59. The number of carbonyl (C=O) groups excluding carboxylic acids is 4. The summed E-state index contributed by atoms with van der Waals surface area (Å²) in [7, 11) is -2.98. The fourth-order valence-electron chi connectivity index (χ4n) is 3.80. The second-order valence-electron chi connectivity index (χ2n) is 7.76. The first-order valence-corrected chi connectivity index (χ1v) is 11.3. The number of ether oxygens (including phenoxy) is 2. The zero-order valence-electron chi connectivity index (χ0n) is 18.1. The number of furan rings is 1. The molecule has 4 rings (SSSR count). The van der Waals surface area contributed by atoms with Crippen molar-refractivity contribution < 1.29 is 41.5 Å². The van der Waals surface area contributed by atoms with Crippen molar-refractivity contribution in [3.63, 3.8) is 0 Å². The van der Waals surface area contributed by atoms with Gasteiger partial charge in [-0.05, 0) is 30.5 Å². The van der Waals surface area contributed by atoms with E-state index in [0.717, 1.165) is 13.2 Å². The number of Topliss-reactive ketones (excluding diaryl/α,β-unsaturated/α-hetero) is 3. The van der Waals surface area contributed by atoms with Gasteiger partial charge in [-0.15, -0.1) is 0 Å². The maximum absolute atomic E-state index is 13.1. The summed E-state index contributed by atoms with van der Waals surface area (Å²) in [6.45, 7) is 3.75. The average Bonchev–Trinajstić information content (AvgIpc) is 3.32. The molecule has 11 heteroatoms. The van der Waals surface area contributed by atoms with Crippen LogP contribution in [-0.4, -0.2) is 49.8 Å². The number of ketones is 3. The Morgan fingerprint density at radius 3 is 2.45 bits per heavy atom. The van der Waals surface area contributed by atoms with Crippen LogP contribution in [0.5, 0.6) is 5.75 Å². The minimum atomic E-state index is -4.35. The van der Waals surface area contributed by atoms with Gasteiger partial charge in [-0.2, -0.15) is 4.31 Å². The third-order valence-corrected chi connectivity index (χ3v) is 7.16. The molecule has 0 fully saturated rings. The number of carbonyl (C=O) groups is 4. The van der Waals surface area contributed by atoms with Gasteiger partial charge in [0.1, 0.15) is 16.2 Å². The van der Waals surface area contributed by atoms with Crippen molar-refractivity contribution in [2.75, 3.05) is 13.8 Å². The van der Waals surface area contributed by atoms with Crippen LogP contribution in [0, 0.1) is 0 Å². The Bertz CT molecular complexity index is 1380. The van der Waals surface area contributed by atoms with Gasteiger partial charge in [-0.3, -0.25) is 19.2 Å². The molecule has 1 aromatic heterocycles. The fraction of sp³-hybridized carbons (Fsp3) is 0.273. The summed E-state index contributed by atoms with van der Waals surface area (Å²) in [6, 6.07) is 4.07. The summed E-state index contributed by atoms with van der Waals surface area (Å²) in [4.78, 5) is 50.4. The van der Waals surface area contributed by atoms with Gasteiger partial charge in [-0.1, -0.05) is 13.8 Å². The number of sulfonamides is 1. The number of methoxy groups -OCH3 is 1. The number of amides is 1. The van der Waals surface area contributed by atoms with Crippen molar-refractivity contribution >= 4 is 33.3 Å². The molecule has 0 saturated carbocycles. The lowest BCUT2D eigenvalue weighted by Crippen LogP contribution is -2.34. The predicted molar refractivity (Wildman–Crippen MR) is 111 cm³/mol. The molecule has 33 heavy (non-hydrogen) atoms. The molecule has 0 N–H and O–H groups in total. The molecule has 10 nitrogen and oxygen atoms in total. The zero-order chi connectivity index (χ0) is 24.2. The van der Waals surface area contributed by atoms with Crippen molar-refractivity contribution in [3.05, 3.63) is 58.2 Å². The summed E-state index contributed by atoms with van der Waals surface area (Å²) >= 11 is 0. The molecule has 0 atom stereocenters. The lowest BCUT2D eigenvalue weighted by molar-refractivity contribution is -0.113. The first-order valence-electron chi connectivity index (χ1n) is 9.84. The van der Waals surface area contributed by atoms with Crippen LogP contribution in [0.25, 0.3) is 0 Å². The van der Waals surface area contributed by atoms with E-state index < -0.39 is 51.3 Å². The quantitative estimate of drug-likeness (QED) is 0.579. The first kappa shape index (κ1) is 22.5. The van der Waals surface area contributed by atoms with E-state index in [1.807, 2.05) is 0 Å². The van der Waals surface area contributed by atoms with E-state index in [-0.39, 0.29) is 33.5 Å². The minimum Gasteiger partial charge on any atom is -0.497 e. The summed E-state index contributed by atoms with van der Waals surface area (Å²) < 4.78 is 42.3. The van der Waals surface area contributed by atoms with E-state index in [9.17, 15) is 27.6 Å². The van der Waals surface area contributed by atoms with Crippen LogP contribution in [0.1, 0.15) is 63.5 Å². The number of benzene rings is 1. The molecule has 1 amide bonds. The number of fused-ring (bicyclic) bond motifs is 2. The van der Waals surface area contributed by atoms with E-state index in [2.05, 4.69) is 0 Å². The van der Waals surface area contributed by atoms with Gasteiger partial charge in [0.2, 0.25) is 5.78 Å². The van der Waals surface area contributed by atoms with E-state index in [1.165, 1.54) is 19.2 Å². The molecule has 172 valence electrons. The zero-order valence-corrected chi connectivity index (χ0v) is 18.9. The maximum atomic E-state index is 13.1. The highest BCUT2D eigenvalue weighted by atomic mass is 32.2. The topological polar surface area (TPSA) is 137 Å². The molecule has 1 aliphatic carbocycles. The average molecular weight is 473 g/mol. The Balaban J connectivity index is 1.74. The van der Waals surface area contributed by atoms with E-state index >= 15 is 0 Å². The summed E-state index contributed by atoms with van der Waals surface area (Å²) in [5, 5.41) is 0. The van der Waals surface area contributed by atoms with Crippen LogP contribution >= 0.6 is 0 Å². The van der Waals surface area contributed by atoms with E-state index in [1.54, 1.807) is 19.9 Å². The molecule has 0 spiro atoms. The Hall–Kier alpha value is -3.73. The van der Waals surface area contributed by atoms with Crippen molar-refractivity contribution in [2.45, 2.75) is 31.6 Å². The highest BCUT2D eigenvalue weighted by Crippen LogP contribution is 2.39. The minimum absolute atomic E-state index is 0.0189. The summed E-state index contributed by atoms with van der Waals surface area (Å²) in [5.41, 5.74) is -0.189. The van der Waals surface area contributed by atoms with Crippen LogP contribution in [-0.2, 0) is 19.6 Å². The molecule has 2 aliphatic rings. The van der Waals surface area contributed by atoms with Crippen molar-refractivity contribution in [1.82, 2.24) is 4.31 Å². The largest absolute Gasteiger partial charge is 0.497 e. The van der Waals surface area contributed by atoms with Gasteiger partial charge in [0, 0.05) is 6.07 Å². The van der Waals surface area contributed by atoms with Crippen LogP contribution in [0.4, 0.5) is 0 Å². The predicted octanol–water partition coefficient (Wildman–Crippen LogP) is 2.45. The third-order valence-electron chi connectivity index (χ3n) is 5.43. The van der Waals surface area contributed by atoms with Crippen molar-refractivity contribution in [3.8, 4) is 5.75 Å². The lowest BCUT2D eigenvalue weighted by atomic mass is 9.91. The van der Waals surface area contributed by atoms with Gasteiger partial charge in [0.25, 0.3) is 21.7 Å². The number of rotatable bonds is 6. The standard InChI is InChI=1S/C22H19NO9S/c1-10(2)14-7-12(30-4)8-15-17(14)22(27)23(33(15,28)29)9-32-21-16(11(3)24)18(25)13-5-6-31-20(13)19(21)26/h5-8,10H,9H2,1-4H3. The van der Waals surface area contributed by atoms with Crippen LogP contribution in [0.15, 0.2) is 45.1 Å². The van der Waals surface area contributed by atoms with Gasteiger partial charge in [-0.25, -0.2) is 8.42 Å². The normalized spacial score (nSPS) is 16.9. The Morgan fingerprint density at radius 2 is 1.85 bits per heavy atom.